The Morgan fingerprint density at radius 1 is 1.18 bits per heavy atom. The molecule has 0 unspecified atom stereocenters. The topological polar surface area (TPSA) is 123 Å². The number of nitro groups is 1. The van der Waals surface area contributed by atoms with E-state index in [1.165, 1.54) is 25.3 Å². The number of nitrogens with one attached hydrogen (secondary N) is 2. The molecule has 28 heavy (non-hydrogen) atoms. The van der Waals surface area contributed by atoms with E-state index in [1.54, 1.807) is 25.1 Å². The normalized spacial score (nSPS) is 12.0. The van der Waals surface area contributed by atoms with Crippen molar-refractivity contribution in [1.29, 1.82) is 0 Å². The van der Waals surface area contributed by atoms with Crippen molar-refractivity contribution < 1.29 is 18.1 Å². The summed E-state index contributed by atoms with van der Waals surface area (Å²) >= 11 is 0. The Hall–Kier alpha value is -3.14. The van der Waals surface area contributed by atoms with E-state index in [1.807, 2.05) is 13.8 Å². The lowest BCUT2D eigenvalue weighted by Gasteiger charge is -2.14. The molecule has 0 spiro atoms. The summed E-state index contributed by atoms with van der Waals surface area (Å²) in [7, 11) is -2.75. The second-order valence-electron chi connectivity index (χ2n) is 6.26. The van der Waals surface area contributed by atoms with Crippen LogP contribution in [0.1, 0.15) is 20.8 Å². The molecule has 0 radical (unpaired) electrons. The number of rotatable bonds is 8. The predicted octanol–water partition coefficient (Wildman–Crippen LogP) is 3.85. The van der Waals surface area contributed by atoms with E-state index in [9.17, 15) is 18.5 Å². The Morgan fingerprint density at radius 2 is 1.86 bits per heavy atom. The van der Waals surface area contributed by atoms with E-state index in [-0.39, 0.29) is 27.9 Å². The maximum Gasteiger partial charge on any atom is 0.270 e. The van der Waals surface area contributed by atoms with Gasteiger partial charge in [0, 0.05) is 17.8 Å². The molecule has 0 aliphatic rings. The third kappa shape index (κ3) is 4.97. The van der Waals surface area contributed by atoms with E-state index >= 15 is 0 Å². The third-order valence-corrected chi connectivity index (χ3v) is 5.41. The molecule has 0 amide bonds. The highest BCUT2D eigenvalue weighted by Crippen LogP contribution is 2.31. The minimum absolute atomic E-state index is 0.119. The maximum absolute atomic E-state index is 13.0. The number of sulfonamides is 1. The number of anilines is 2. The van der Waals surface area contributed by atoms with Gasteiger partial charge in [-0.25, -0.2) is 8.42 Å². The molecule has 0 bridgehead atoms. The first-order valence-electron chi connectivity index (χ1n) is 8.40. The number of methoxy groups -OCH3 is 1. The van der Waals surface area contributed by atoms with Gasteiger partial charge in [0.1, 0.15) is 10.6 Å². The molecule has 2 aromatic carbocycles. The Labute approximate surface area is 163 Å². The van der Waals surface area contributed by atoms with Gasteiger partial charge in [-0.15, -0.1) is 0 Å². The fourth-order valence-electron chi connectivity index (χ4n) is 2.15. The lowest BCUT2D eigenvalue weighted by atomic mass is 10.1. The van der Waals surface area contributed by atoms with Crippen LogP contribution in [0.4, 0.5) is 17.1 Å². The standard InChI is InChI=1S/C18H22N4O5S/c1-12(2)13(3)19-20-16-10-9-14(22(23)24)11-18(16)28(25,26)21-15-7-5-6-8-17(15)27-4/h5-12,20-21H,1-4H3. The molecule has 2 rings (SSSR count). The van der Waals surface area contributed by atoms with Crippen LogP contribution in [0, 0.1) is 16.0 Å². The zero-order chi connectivity index (χ0) is 20.9. The summed E-state index contributed by atoms with van der Waals surface area (Å²) in [4.78, 5) is 10.2. The van der Waals surface area contributed by atoms with Crippen LogP contribution in [0.25, 0.3) is 0 Å². The summed E-state index contributed by atoms with van der Waals surface area (Å²) in [5.74, 6) is 0.469. The molecule has 0 aliphatic heterocycles. The van der Waals surface area contributed by atoms with Crippen LogP contribution in [0.5, 0.6) is 5.75 Å². The molecule has 0 saturated carbocycles. The fourth-order valence-corrected chi connectivity index (χ4v) is 3.39. The zero-order valence-corrected chi connectivity index (χ0v) is 16.8. The van der Waals surface area contributed by atoms with Gasteiger partial charge in [0.05, 0.1) is 23.4 Å². The number of para-hydroxylation sites is 2. The average molecular weight is 406 g/mol. The van der Waals surface area contributed by atoms with Gasteiger partial charge in [0.15, 0.2) is 0 Å². The predicted molar refractivity (Wildman–Crippen MR) is 108 cm³/mol. The molecule has 10 heteroatoms. The smallest absolute Gasteiger partial charge is 0.270 e. The molecule has 0 aliphatic carbocycles. The minimum atomic E-state index is -4.17. The molecular weight excluding hydrogens is 384 g/mol. The lowest BCUT2D eigenvalue weighted by molar-refractivity contribution is -0.385. The molecule has 2 N–H and O–H groups in total. The van der Waals surface area contributed by atoms with Crippen molar-refractivity contribution in [2.75, 3.05) is 17.3 Å². The van der Waals surface area contributed by atoms with E-state index in [2.05, 4.69) is 15.2 Å². The average Bonchev–Trinajstić information content (AvgIpc) is 2.65. The van der Waals surface area contributed by atoms with E-state index in [4.69, 9.17) is 4.74 Å². The van der Waals surface area contributed by atoms with Crippen LogP contribution in [-0.4, -0.2) is 26.2 Å². The van der Waals surface area contributed by atoms with Crippen LogP contribution in [0.2, 0.25) is 0 Å². The van der Waals surface area contributed by atoms with E-state index in [0.29, 0.717) is 5.75 Å². The molecule has 2 aromatic rings. The van der Waals surface area contributed by atoms with Crippen molar-refractivity contribution in [3.05, 3.63) is 52.6 Å². The summed E-state index contributed by atoms with van der Waals surface area (Å²) in [6.07, 6.45) is 0. The van der Waals surface area contributed by atoms with Crippen LogP contribution in [0.15, 0.2) is 52.5 Å². The highest BCUT2D eigenvalue weighted by Gasteiger charge is 2.23. The zero-order valence-electron chi connectivity index (χ0n) is 16.0. The summed E-state index contributed by atoms with van der Waals surface area (Å²) < 4.78 is 33.5. The molecule has 0 heterocycles. The quantitative estimate of drug-likeness (QED) is 0.390. The molecule has 0 fully saturated rings. The first-order valence-corrected chi connectivity index (χ1v) is 9.88. The minimum Gasteiger partial charge on any atom is -0.495 e. The largest absolute Gasteiger partial charge is 0.495 e. The highest BCUT2D eigenvalue weighted by atomic mass is 32.2. The van der Waals surface area contributed by atoms with Crippen molar-refractivity contribution in [1.82, 2.24) is 0 Å². The van der Waals surface area contributed by atoms with Gasteiger partial charge in [-0.2, -0.15) is 5.10 Å². The van der Waals surface area contributed by atoms with Gasteiger partial charge < -0.3 is 4.74 Å². The van der Waals surface area contributed by atoms with Crippen LogP contribution >= 0.6 is 0 Å². The number of ether oxygens (including phenoxy) is 1. The number of hydrogen-bond donors (Lipinski definition) is 2. The molecule has 0 saturated heterocycles. The van der Waals surface area contributed by atoms with Crippen molar-refractivity contribution >= 4 is 32.8 Å². The van der Waals surface area contributed by atoms with Crippen LogP contribution < -0.4 is 14.9 Å². The van der Waals surface area contributed by atoms with Gasteiger partial charge in [-0.1, -0.05) is 26.0 Å². The molecule has 150 valence electrons. The second kappa shape index (κ2) is 8.70. The van der Waals surface area contributed by atoms with Gasteiger partial charge in [0.25, 0.3) is 15.7 Å². The first kappa shape index (κ1) is 21.2. The van der Waals surface area contributed by atoms with E-state index in [0.717, 1.165) is 11.8 Å². The summed E-state index contributed by atoms with van der Waals surface area (Å²) in [6, 6.07) is 9.98. The number of hydrogen-bond acceptors (Lipinski definition) is 7. The van der Waals surface area contributed by atoms with Crippen LogP contribution in [0.3, 0.4) is 0 Å². The highest BCUT2D eigenvalue weighted by molar-refractivity contribution is 7.93. The van der Waals surface area contributed by atoms with Crippen molar-refractivity contribution in [3.63, 3.8) is 0 Å². The lowest BCUT2D eigenvalue weighted by Crippen LogP contribution is -2.16. The summed E-state index contributed by atoms with van der Waals surface area (Å²) in [5.41, 5.74) is 3.42. The van der Waals surface area contributed by atoms with Gasteiger partial charge in [-0.05, 0) is 31.0 Å². The fraction of sp³-hybridized carbons (Fsp3) is 0.278. The number of nitrogens with zero attached hydrogens (tertiary/aromatic N) is 2. The molecule has 9 nitrogen and oxygen atoms in total. The number of nitro benzene ring substituents is 1. The first-order chi connectivity index (χ1) is 13.2. The van der Waals surface area contributed by atoms with Crippen molar-refractivity contribution in [2.24, 2.45) is 11.0 Å². The van der Waals surface area contributed by atoms with Crippen LogP contribution in [-0.2, 0) is 10.0 Å². The molecule has 0 atom stereocenters. The molecule has 0 aromatic heterocycles. The Kier molecular flexibility index (Phi) is 6.57. The maximum atomic E-state index is 13.0. The van der Waals surface area contributed by atoms with Gasteiger partial charge in [0.2, 0.25) is 0 Å². The van der Waals surface area contributed by atoms with Gasteiger partial charge in [-0.3, -0.25) is 20.3 Å². The molecular formula is C18H22N4O5S. The Bertz CT molecular complexity index is 1000. The summed E-state index contributed by atoms with van der Waals surface area (Å²) in [6.45, 7) is 5.68. The van der Waals surface area contributed by atoms with Crippen molar-refractivity contribution in [3.8, 4) is 5.75 Å². The number of non-ortho nitro benzene ring substituents is 1. The third-order valence-electron chi connectivity index (χ3n) is 4.01. The number of benzene rings is 2. The Balaban J connectivity index is 2.51. The SMILES string of the molecule is COc1ccccc1NS(=O)(=O)c1cc([N+](=O)[O-])ccc1NN=C(C)C(C)C. The summed E-state index contributed by atoms with van der Waals surface area (Å²) in [5, 5.41) is 15.3. The van der Waals surface area contributed by atoms with Gasteiger partial charge >= 0.3 is 0 Å². The Morgan fingerprint density at radius 3 is 2.46 bits per heavy atom. The number of hydrazone groups is 1. The van der Waals surface area contributed by atoms with Crippen molar-refractivity contribution in [2.45, 2.75) is 25.7 Å². The second-order valence-corrected chi connectivity index (χ2v) is 7.91. The monoisotopic (exact) mass is 406 g/mol. The van der Waals surface area contributed by atoms with E-state index < -0.39 is 14.9 Å².